The lowest BCUT2D eigenvalue weighted by Crippen LogP contribution is -2.06. The standard InChI is InChI=1S/C20H20BrNO3.C17H15NO3/c1-14-19(20(23)25-13-15-6-3-2-4-7-15)17-12-16(24-11-5-10-21)8-9-18(17)22-14;1-11-16(14-9-13(19)7-8-15(14)18-11)17(20)21-10-12-5-3-2-4-6-12/h2-4,6-9,12,22H,5,10-11,13H2,1H3;2-9,18-19H,10H2,1H3. The molecule has 0 radical (unpaired) electrons. The minimum atomic E-state index is -0.395. The Morgan fingerprint density at radius 3 is 1.72 bits per heavy atom. The average molecular weight is 684 g/mol. The molecule has 3 N–H and O–H groups in total. The van der Waals surface area contributed by atoms with E-state index in [0.29, 0.717) is 23.1 Å². The fraction of sp³-hybridized carbons (Fsp3) is 0.189. The lowest BCUT2D eigenvalue weighted by atomic mass is 10.1. The molecule has 46 heavy (non-hydrogen) atoms. The number of aromatic hydroxyl groups is 1. The molecule has 0 saturated carbocycles. The summed E-state index contributed by atoms with van der Waals surface area (Å²) in [6.07, 6.45) is 0.927. The zero-order valence-corrected chi connectivity index (χ0v) is 27.2. The summed E-state index contributed by atoms with van der Waals surface area (Å²) < 4.78 is 16.6. The number of phenolic OH excluding ortho intramolecular Hbond substituents is 1. The third-order valence-electron chi connectivity index (χ3n) is 7.31. The van der Waals surface area contributed by atoms with E-state index in [2.05, 4.69) is 25.9 Å². The van der Waals surface area contributed by atoms with Gasteiger partial charge in [0, 0.05) is 38.5 Å². The third kappa shape index (κ3) is 7.97. The van der Waals surface area contributed by atoms with Gasteiger partial charge in [0.15, 0.2) is 0 Å². The quantitative estimate of drug-likeness (QED) is 0.0758. The lowest BCUT2D eigenvalue weighted by Gasteiger charge is -2.07. The van der Waals surface area contributed by atoms with Crippen molar-refractivity contribution in [1.82, 2.24) is 9.97 Å². The number of hydrogen-bond acceptors (Lipinski definition) is 6. The average Bonchev–Trinajstić information content (AvgIpc) is 3.58. The lowest BCUT2D eigenvalue weighted by molar-refractivity contribution is 0.0465. The van der Waals surface area contributed by atoms with Crippen LogP contribution in [0, 0.1) is 13.8 Å². The fourth-order valence-corrected chi connectivity index (χ4v) is 5.30. The van der Waals surface area contributed by atoms with Crippen molar-refractivity contribution < 1.29 is 28.9 Å². The molecule has 9 heteroatoms. The van der Waals surface area contributed by atoms with Gasteiger partial charge in [0.2, 0.25) is 0 Å². The van der Waals surface area contributed by atoms with Crippen LogP contribution < -0.4 is 4.74 Å². The van der Waals surface area contributed by atoms with Crippen molar-refractivity contribution in [2.24, 2.45) is 0 Å². The van der Waals surface area contributed by atoms with Crippen LogP contribution in [0.3, 0.4) is 0 Å². The van der Waals surface area contributed by atoms with Crippen molar-refractivity contribution in [3.8, 4) is 11.5 Å². The highest BCUT2D eigenvalue weighted by atomic mass is 79.9. The Hall–Kier alpha value is -5.02. The number of halogens is 1. The summed E-state index contributed by atoms with van der Waals surface area (Å²) in [5, 5.41) is 12.0. The van der Waals surface area contributed by atoms with Gasteiger partial charge in [-0.1, -0.05) is 76.6 Å². The largest absolute Gasteiger partial charge is 0.508 e. The molecule has 0 bridgehead atoms. The minimum absolute atomic E-state index is 0.124. The molecule has 0 amide bonds. The molecule has 8 nitrogen and oxygen atoms in total. The summed E-state index contributed by atoms with van der Waals surface area (Å²) in [5.74, 6) is 0.154. The molecule has 0 saturated heterocycles. The van der Waals surface area contributed by atoms with Gasteiger partial charge in [-0.15, -0.1) is 0 Å². The van der Waals surface area contributed by atoms with Crippen LogP contribution in [0.15, 0.2) is 97.1 Å². The van der Waals surface area contributed by atoms with Crippen LogP contribution in [0.4, 0.5) is 0 Å². The van der Waals surface area contributed by atoms with Gasteiger partial charge >= 0.3 is 11.9 Å². The molecule has 4 aromatic carbocycles. The van der Waals surface area contributed by atoms with Crippen molar-refractivity contribution >= 4 is 49.7 Å². The Kier molecular flexibility index (Phi) is 10.8. The number of fused-ring (bicyclic) bond motifs is 2. The minimum Gasteiger partial charge on any atom is -0.508 e. The van der Waals surface area contributed by atoms with Crippen molar-refractivity contribution in [3.05, 3.63) is 131 Å². The predicted molar refractivity (Wildman–Crippen MR) is 183 cm³/mol. The van der Waals surface area contributed by atoms with Gasteiger partial charge in [-0.3, -0.25) is 0 Å². The van der Waals surface area contributed by atoms with Gasteiger partial charge in [-0.2, -0.15) is 0 Å². The SMILES string of the molecule is Cc1[nH]c2ccc(O)cc2c1C(=O)OCc1ccccc1.Cc1[nH]c2ccc(OCCCBr)cc2c1C(=O)OCc1ccccc1. The van der Waals surface area contributed by atoms with Crippen LogP contribution in [0.1, 0.15) is 49.7 Å². The number of nitrogens with one attached hydrogen (secondary N) is 2. The summed E-state index contributed by atoms with van der Waals surface area (Å²) in [6.45, 7) is 4.81. The maximum atomic E-state index is 12.6. The van der Waals surface area contributed by atoms with Gasteiger partial charge in [0.1, 0.15) is 24.7 Å². The van der Waals surface area contributed by atoms with Gasteiger partial charge in [0.25, 0.3) is 0 Å². The second kappa shape index (κ2) is 15.3. The maximum absolute atomic E-state index is 12.6. The van der Waals surface area contributed by atoms with E-state index in [-0.39, 0.29) is 24.9 Å². The molecule has 0 aliphatic carbocycles. The molecule has 0 spiro atoms. The van der Waals surface area contributed by atoms with Crippen LogP contribution in [-0.4, -0.2) is 39.0 Å². The zero-order chi connectivity index (χ0) is 32.5. The van der Waals surface area contributed by atoms with Crippen LogP contribution in [0.5, 0.6) is 11.5 Å². The Bertz CT molecular complexity index is 1930. The number of benzene rings is 4. The van der Waals surface area contributed by atoms with Crippen LogP contribution in [0.2, 0.25) is 0 Å². The molecule has 236 valence electrons. The first kappa shape index (κ1) is 32.4. The topological polar surface area (TPSA) is 114 Å². The van der Waals surface area contributed by atoms with E-state index in [0.717, 1.165) is 56.4 Å². The summed E-state index contributed by atoms with van der Waals surface area (Å²) in [4.78, 5) is 31.3. The molecule has 0 unspecified atom stereocenters. The summed E-state index contributed by atoms with van der Waals surface area (Å²) in [5.41, 5.74) is 6.17. The number of aryl methyl sites for hydroxylation is 2. The number of rotatable bonds is 10. The predicted octanol–water partition coefficient (Wildman–Crippen LogP) is 8.54. The number of carbonyl (C=O) groups excluding carboxylic acids is 2. The van der Waals surface area contributed by atoms with Crippen molar-refractivity contribution in [1.29, 1.82) is 0 Å². The van der Waals surface area contributed by atoms with E-state index < -0.39 is 5.97 Å². The molecule has 6 aromatic rings. The molecule has 2 heterocycles. The number of ether oxygens (including phenoxy) is 3. The number of hydrogen-bond donors (Lipinski definition) is 3. The first-order valence-electron chi connectivity index (χ1n) is 14.9. The first-order valence-corrected chi connectivity index (χ1v) is 16.0. The second-order valence-electron chi connectivity index (χ2n) is 10.7. The zero-order valence-electron chi connectivity index (χ0n) is 25.6. The molecule has 0 fully saturated rings. The van der Waals surface area contributed by atoms with E-state index in [1.165, 1.54) is 0 Å². The Balaban J connectivity index is 0.000000184. The van der Waals surface area contributed by atoms with Gasteiger partial charge in [-0.05, 0) is 67.8 Å². The number of alkyl halides is 1. The third-order valence-corrected chi connectivity index (χ3v) is 7.87. The molecular weight excluding hydrogens is 648 g/mol. The highest BCUT2D eigenvalue weighted by Gasteiger charge is 2.19. The van der Waals surface area contributed by atoms with Crippen molar-refractivity contribution in [3.63, 3.8) is 0 Å². The summed E-state index contributed by atoms with van der Waals surface area (Å²) in [6, 6.07) is 29.8. The number of H-pyrrole nitrogens is 2. The van der Waals surface area contributed by atoms with Gasteiger partial charge in [0.05, 0.1) is 17.7 Å². The van der Waals surface area contributed by atoms with Gasteiger partial charge < -0.3 is 29.3 Å². The highest BCUT2D eigenvalue weighted by Crippen LogP contribution is 2.28. The van der Waals surface area contributed by atoms with E-state index >= 15 is 0 Å². The van der Waals surface area contributed by atoms with Crippen molar-refractivity contribution in [2.45, 2.75) is 33.5 Å². The summed E-state index contributed by atoms with van der Waals surface area (Å²) in [7, 11) is 0. The van der Waals surface area contributed by atoms with E-state index in [1.807, 2.05) is 92.7 Å². The van der Waals surface area contributed by atoms with E-state index in [4.69, 9.17) is 14.2 Å². The normalized spacial score (nSPS) is 10.8. The van der Waals surface area contributed by atoms with Gasteiger partial charge in [-0.25, -0.2) is 9.59 Å². The van der Waals surface area contributed by atoms with Crippen LogP contribution in [-0.2, 0) is 22.7 Å². The number of carbonyl (C=O) groups is 2. The number of aromatic nitrogens is 2. The maximum Gasteiger partial charge on any atom is 0.340 e. The Morgan fingerprint density at radius 1 is 0.696 bits per heavy atom. The second-order valence-corrected chi connectivity index (χ2v) is 11.5. The molecule has 2 aromatic heterocycles. The summed E-state index contributed by atoms with van der Waals surface area (Å²) >= 11 is 3.39. The monoisotopic (exact) mass is 682 g/mol. The highest BCUT2D eigenvalue weighted by molar-refractivity contribution is 9.09. The molecule has 0 atom stereocenters. The van der Waals surface area contributed by atoms with E-state index in [9.17, 15) is 14.7 Å². The first-order chi connectivity index (χ1) is 22.3. The number of phenols is 1. The van der Waals surface area contributed by atoms with Crippen molar-refractivity contribution in [2.75, 3.05) is 11.9 Å². The Labute approximate surface area is 275 Å². The molecular formula is C37H35BrN2O6. The number of esters is 2. The van der Waals surface area contributed by atoms with E-state index in [1.54, 1.807) is 18.2 Å². The Morgan fingerprint density at radius 2 is 1.20 bits per heavy atom. The van der Waals surface area contributed by atoms with Crippen LogP contribution >= 0.6 is 15.9 Å². The number of aromatic amines is 2. The van der Waals surface area contributed by atoms with Crippen LogP contribution in [0.25, 0.3) is 21.8 Å². The smallest absolute Gasteiger partial charge is 0.340 e. The fourth-order valence-electron chi connectivity index (χ4n) is 5.07. The molecule has 0 aliphatic rings. The molecule has 6 rings (SSSR count). The molecule has 0 aliphatic heterocycles.